The highest BCUT2D eigenvalue weighted by atomic mass is 16.5. The standard InChI is InChI=1S/C18H18N2O4/c1-23-14-8-4-12(5-9-14)17(21)20-16(11-15-3-2-10-24-15)18(22)19-13-6-7-13/h2-5,8-11,13H,6-7H2,1H3,(H,19,22)(H,20,21)/b16-11-. The lowest BCUT2D eigenvalue weighted by molar-refractivity contribution is -0.117. The van der Waals surface area contributed by atoms with Crippen LogP contribution in [0.25, 0.3) is 6.08 Å². The third kappa shape index (κ3) is 4.04. The predicted octanol–water partition coefficient (Wildman–Crippen LogP) is 2.34. The second-order valence-electron chi connectivity index (χ2n) is 5.50. The number of hydrogen-bond acceptors (Lipinski definition) is 4. The number of carbonyl (C=O) groups is 2. The molecule has 2 aromatic rings. The van der Waals surface area contributed by atoms with Gasteiger partial charge in [-0.05, 0) is 49.2 Å². The molecule has 0 saturated heterocycles. The zero-order chi connectivity index (χ0) is 16.9. The molecule has 124 valence electrons. The molecule has 24 heavy (non-hydrogen) atoms. The second kappa shape index (κ2) is 7.04. The van der Waals surface area contributed by atoms with Gasteiger partial charge in [-0.1, -0.05) is 0 Å². The van der Waals surface area contributed by atoms with Gasteiger partial charge in [0.1, 0.15) is 17.2 Å². The average molecular weight is 326 g/mol. The van der Waals surface area contributed by atoms with Gasteiger partial charge in [0.25, 0.3) is 11.8 Å². The van der Waals surface area contributed by atoms with Gasteiger partial charge < -0.3 is 19.8 Å². The summed E-state index contributed by atoms with van der Waals surface area (Å²) in [4.78, 5) is 24.7. The van der Waals surface area contributed by atoms with Gasteiger partial charge in [0.15, 0.2) is 0 Å². The van der Waals surface area contributed by atoms with E-state index in [9.17, 15) is 9.59 Å². The number of ether oxygens (including phenoxy) is 1. The molecule has 2 amide bonds. The quantitative estimate of drug-likeness (QED) is 0.799. The van der Waals surface area contributed by atoms with E-state index in [0.29, 0.717) is 17.1 Å². The molecule has 0 bridgehead atoms. The summed E-state index contributed by atoms with van der Waals surface area (Å²) in [5.41, 5.74) is 0.582. The van der Waals surface area contributed by atoms with E-state index in [4.69, 9.17) is 9.15 Å². The van der Waals surface area contributed by atoms with Gasteiger partial charge in [0, 0.05) is 17.7 Å². The van der Waals surface area contributed by atoms with Crippen molar-refractivity contribution < 1.29 is 18.7 Å². The summed E-state index contributed by atoms with van der Waals surface area (Å²) in [6.45, 7) is 0. The summed E-state index contributed by atoms with van der Waals surface area (Å²) < 4.78 is 10.3. The number of rotatable bonds is 6. The highest BCUT2D eigenvalue weighted by Gasteiger charge is 2.25. The van der Waals surface area contributed by atoms with Crippen LogP contribution < -0.4 is 15.4 Å². The molecule has 1 aromatic heterocycles. The van der Waals surface area contributed by atoms with E-state index in [1.165, 1.54) is 12.3 Å². The van der Waals surface area contributed by atoms with Gasteiger partial charge in [-0.2, -0.15) is 0 Å². The van der Waals surface area contributed by atoms with Crippen molar-refractivity contribution >= 4 is 17.9 Å². The zero-order valence-electron chi connectivity index (χ0n) is 13.2. The number of hydrogen-bond donors (Lipinski definition) is 2. The molecule has 0 atom stereocenters. The Balaban J connectivity index is 1.76. The first kappa shape index (κ1) is 15.9. The maximum Gasteiger partial charge on any atom is 0.268 e. The van der Waals surface area contributed by atoms with Crippen LogP contribution in [-0.4, -0.2) is 25.0 Å². The fourth-order valence-electron chi connectivity index (χ4n) is 2.10. The first-order valence-corrected chi connectivity index (χ1v) is 7.67. The molecule has 1 aliphatic carbocycles. The Bertz CT molecular complexity index is 744. The Morgan fingerprint density at radius 3 is 2.54 bits per heavy atom. The molecule has 1 aliphatic rings. The molecule has 6 heteroatoms. The number of methoxy groups -OCH3 is 1. The van der Waals surface area contributed by atoms with Gasteiger partial charge in [-0.15, -0.1) is 0 Å². The maximum atomic E-state index is 12.4. The minimum Gasteiger partial charge on any atom is -0.497 e. The van der Waals surface area contributed by atoms with Crippen molar-refractivity contribution in [3.8, 4) is 5.75 Å². The first-order chi connectivity index (χ1) is 11.7. The molecule has 0 aliphatic heterocycles. The van der Waals surface area contributed by atoms with Crippen molar-refractivity contribution in [1.29, 1.82) is 0 Å². The van der Waals surface area contributed by atoms with Gasteiger partial charge in [0.2, 0.25) is 0 Å². The van der Waals surface area contributed by atoms with Gasteiger partial charge in [-0.25, -0.2) is 0 Å². The topological polar surface area (TPSA) is 80.6 Å². The van der Waals surface area contributed by atoms with E-state index in [2.05, 4.69) is 10.6 Å². The molecule has 0 spiro atoms. The van der Waals surface area contributed by atoms with E-state index >= 15 is 0 Å². The van der Waals surface area contributed by atoms with Crippen molar-refractivity contribution in [3.63, 3.8) is 0 Å². The second-order valence-corrected chi connectivity index (χ2v) is 5.50. The Morgan fingerprint density at radius 1 is 1.21 bits per heavy atom. The van der Waals surface area contributed by atoms with Gasteiger partial charge in [-0.3, -0.25) is 9.59 Å². The van der Waals surface area contributed by atoms with Crippen LogP contribution in [-0.2, 0) is 4.79 Å². The van der Waals surface area contributed by atoms with Crippen LogP contribution in [0.5, 0.6) is 5.75 Å². The Kier molecular flexibility index (Phi) is 4.65. The van der Waals surface area contributed by atoms with E-state index < -0.39 is 0 Å². The first-order valence-electron chi connectivity index (χ1n) is 7.67. The van der Waals surface area contributed by atoms with Crippen LogP contribution >= 0.6 is 0 Å². The number of amides is 2. The normalized spacial score (nSPS) is 14.1. The third-order valence-electron chi connectivity index (χ3n) is 3.59. The van der Waals surface area contributed by atoms with E-state index in [0.717, 1.165) is 12.8 Å². The monoisotopic (exact) mass is 326 g/mol. The molecular weight excluding hydrogens is 308 g/mol. The molecule has 1 saturated carbocycles. The lowest BCUT2D eigenvalue weighted by Gasteiger charge is -2.10. The lowest BCUT2D eigenvalue weighted by atomic mass is 10.2. The highest BCUT2D eigenvalue weighted by Crippen LogP contribution is 2.19. The predicted molar refractivity (Wildman–Crippen MR) is 88.3 cm³/mol. The van der Waals surface area contributed by atoms with Crippen LogP contribution in [0.15, 0.2) is 52.8 Å². The maximum absolute atomic E-state index is 12.4. The molecule has 0 radical (unpaired) electrons. The highest BCUT2D eigenvalue weighted by molar-refractivity contribution is 6.05. The van der Waals surface area contributed by atoms with E-state index in [1.54, 1.807) is 43.5 Å². The van der Waals surface area contributed by atoms with Gasteiger partial charge >= 0.3 is 0 Å². The summed E-state index contributed by atoms with van der Waals surface area (Å²) >= 11 is 0. The number of nitrogens with one attached hydrogen (secondary N) is 2. The van der Waals surface area contributed by atoms with Crippen LogP contribution in [0.3, 0.4) is 0 Å². The van der Waals surface area contributed by atoms with Crippen molar-refractivity contribution in [2.75, 3.05) is 7.11 Å². The van der Waals surface area contributed by atoms with Crippen LogP contribution in [0.2, 0.25) is 0 Å². The van der Waals surface area contributed by atoms with E-state index in [1.807, 2.05) is 0 Å². The van der Waals surface area contributed by atoms with Crippen molar-refractivity contribution in [1.82, 2.24) is 10.6 Å². The molecule has 2 N–H and O–H groups in total. The fourth-order valence-corrected chi connectivity index (χ4v) is 2.10. The number of carbonyl (C=O) groups excluding carboxylic acids is 2. The molecule has 1 aromatic carbocycles. The molecule has 6 nitrogen and oxygen atoms in total. The van der Waals surface area contributed by atoms with Crippen molar-refractivity contribution in [2.45, 2.75) is 18.9 Å². The number of benzene rings is 1. The SMILES string of the molecule is COc1ccc(C(=O)N/C(=C\c2ccco2)C(=O)NC2CC2)cc1. The van der Waals surface area contributed by atoms with Crippen LogP contribution in [0.4, 0.5) is 0 Å². The Hall–Kier alpha value is -3.02. The van der Waals surface area contributed by atoms with Crippen molar-refractivity contribution in [2.24, 2.45) is 0 Å². The molecular formula is C18H18N2O4. The minimum absolute atomic E-state index is 0.151. The van der Waals surface area contributed by atoms with Crippen LogP contribution in [0.1, 0.15) is 29.0 Å². The fraction of sp³-hybridized carbons (Fsp3) is 0.222. The summed E-state index contributed by atoms with van der Waals surface area (Å²) in [7, 11) is 1.56. The third-order valence-corrected chi connectivity index (χ3v) is 3.59. The van der Waals surface area contributed by atoms with Crippen molar-refractivity contribution in [3.05, 3.63) is 59.7 Å². The lowest BCUT2D eigenvalue weighted by Crippen LogP contribution is -2.35. The summed E-state index contributed by atoms with van der Waals surface area (Å²) in [5, 5.41) is 5.51. The Labute approximate surface area is 139 Å². The molecule has 1 heterocycles. The van der Waals surface area contributed by atoms with Gasteiger partial charge in [0.05, 0.1) is 13.4 Å². The zero-order valence-corrected chi connectivity index (χ0v) is 13.2. The molecule has 0 unspecified atom stereocenters. The smallest absolute Gasteiger partial charge is 0.268 e. The number of furan rings is 1. The summed E-state index contributed by atoms with van der Waals surface area (Å²) in [5.74, 6) is 0.451. The molecule has 3 rings (SSSR count). The Morgan fingerprint density at radius 2 is 1.96 bits per heavy atom. The average Bonchev–Trinajstić information content (AvgIpc) is 3.26. The largest absolute Gasteiger partial charge is 0.497 e. The molecule has 1 fully saturated rings. The summed E-state index contributed by atoms with van der Waals surface area (Å²) in [6.07, 6.45) is 4.95. The summed E-state index contributed by atoms with van der Waals surface area (Å²) in [6, 6.07) is 10.3. The minimum atomic E-state index is -0.374. The van der Waals surface area contributed by atoms with Crippen LogP contribution in [0, 0.1) is 0 Å². The van der Waals surface area contributed by atoms with E-state index in [-0.39, 0.29) is 23.6 Å².